The number of carbonyl (C=O) groups is 3. The number of Topliss-reactive ketones (excluding diaryl/α,β-unsaturated/α-hetero) is 1. The van der Waals surface area contributed by atoms with Crippen molar-refractivity contribution in [2.75, 3.05) is 11.2 Å². The van der Waals surface area contributed by atoms with E-state index in [1.54, 1.807) is 45.9 Å². The minimum Gasteiger partial charge on any atom is -0.443 e. The molecule has 0 saturated carbocycles. The highest BCUT2D eigenvalue weighted by Gasteiger charge is 2.33. The molecule has 0 saturated heterocycles. The number of alkyl halides is 2. The Morgan fingerprint density at radius 1 is 1.07 bits per heavy atom. The van der Waals surface area contributed by atoms with E-state index in [1.807, 2.05) is 6.07 Å². The minimum atomic E-state index is -2.80. The molecule has 1 aromatic heterocycles. The summed E-state index contributed by atoms with van der Waals surface area (Å²) in [7, 11) is 0. The van der Waals surface area contributed by atoms with Crippen LogP contribution in [-0.2, 0) is 16.0 Å². The van der Waals surface area contributed by atoms with Gasteiger partial charge in [0.15, 0.2) is 0 Å². The van der Waals surface area contributed by atoms with Gasteiger partial charge < -0.3 is 19.3 Å². The van der Waals surface area contributed by atoms with E-state index in [0.717, 1.165) is 16.2 Å². The molecule has 2 heterocycles. The summed E-state index contributed by atoms with van der Waals surface area (Å²) in [6, 6.07) is 15.0. The molecule has 0 fully saturated rings. The Morgan fingerprint density at radius 2 is 1.71 bits per heavy atom. The second-order valence-corrected chi connectivity index (χ2v) is 12.5. The fraction of sp³-hybridized carbons (Fsp3) is 0.485. The largest absolute Gasteiger partial charge is 0.443 e. The van der Waals surface area contributed by atoms with E-state index in [9.17, 15) is 23.2 Å². The topological polar surface area (TPSA) is 115 Å². The number of amides is 3. The van der Waals surface area contributed by atoms with Crippen LogP contribution in [0.1, 0.15) is 92.0 Å². The normalized spacial score (nSPS) is 13.6. The molecule has 9 nitrogen and oxygen atoms in total. The van der Waals surface area contributed by atoms with E-state index >= 15 is 0 Å². The summed E-state index contributed by atoms with van der Waals surface area (Å²) in [5.74, 6) is -2.79. The molecule has 12 heteroatoms. The third-order valence-electron chi connectivity index (χ3n) is 6.27. The summed E-state index contributed by atoms with van der Waals surface area (Å²) in [5.41, 5.74) is 1.67. The number of urea groups is 1. The van der Waals surface area contributed by atoms with Gasteiger partial charge in [0.1, 0.15) is 11.4 Å². The molecular weight excluding hydrogens is 602 g/mol. The number of carbonyl (C=O) groups excluding carboxylic acids is 3. The van der Waals surface area contributed by atoms with E-state index in [1.165, 1.54) is 38.1 Å². The maximum absolute atomic E-state index is 13.9. The van der Waals surface area contributed by atoms with E-state index < -0.39 is 29.6 Å². The van der Waals surface area contributed by atoms with Crippen molar-refractivity contribution >= 4 is 35.4 Å². The molecule has 1 aliphatic heterocycles. The van der Waals surface area contributed by atoms with E-state index in [0.29, 0.717) is 17.7 Å². The summed E-state index contributed by atoms with van der Waals surface area (Å²) in [6.45, 7) is 13.6. The third-order valence-corrected chi connectivity index (χ3v) is 7.33. The number of fused-ring (bicyclic) bond motifs is 1. The van der Waals surface area contributed by atoms with Crippen LogP contribution in [0.2, 0.25) is 0 Å². The van der Waals surface area contributed by atoms with E-state index in [-0.39, 0.29) is 36.3 Å². The Hall–Kier alpha value is -3.80. The smallest absolute Gasteiger partial charge is 0.419 e. The number of aryl methyl sites for hydroxylation is 1. The van der Waals surface area contributed by atoms with Crippen molar-refractivity contribution in [3.05, 3.63) is 60.0 Å². The molecule has 246 valence electrons. The van der Waals surface area contributed by atoms with Crippen molar-refractivity contribution in [1.29, 1.82) is 0 Å². The maximum atomic E-state index is 13.9. The van der Waals surface area contributed by atoms with Gasteiger partial charge in [0, 0.05) is 29.2 Å². The molecule has 0 radical (unpaired) electrons. The lowest BCUT2D eigenvalue weighted by Gasteiger charge is -2.24. The zero-order chi connectivity index (χ0) is 33.8. The second-order valence-electron chi connectivity index (χ2n) is 11.5. The molecule has 3 amide bonds. The van der Waals surface area contributed by atoms with Crippen molar-refractivity contribution in [3.8, 4) is 11.5 Å². The molecular formula is C33H44F2N4O5S. The van der Waals surface area contributed by atoms with Crippen LogP contribution in [0, 0.1) is 0 Å². The highest BCUT2D eigenvalue weighted by Crippen LogP contribution is 2.37. The fourth-order valence-electron chi connectivity index (χ4n) is 3.86. The van der Waals surface area contributed by atoms with Crippen LogP contribution in [0.25, 0.3) is 11.5 Å². The zero-order valence-electron chi connectivity index (χ0n) is 27.3. The van der Waals surface area contributed by atoms with Crippen LogP contribution < -0.4 is 5.32 Å². The number of nitrogens with one attached hydrogen (secondary N) is 1. The van der Waals surface area contributed by atoms with Crippen LogP contribution in [0.15, 0.2) is 57.8 Å². The highest BCUT2D eigenvalue weighted by atomic mass is 32.2. The number of thioether (sulfide) groups is 1. The van der Waals surface area contributed by atoms with Crippen molar-refractivity contribution in [3.63, 3.8) is 0 Å². The summed E-state index contributed by atoms with van der Waals surface area (Å²) in [6.07, 6.45) is 0.220. The van der Waals surface area contributed by atoms with Crippen molar-refractivity contribution in [1.82, 2.24) is 15.1 Å². The SMILES string of the molecule is CC(C)=O.CCC(CC(F)(F)CC)c1nnc(-c2ccc3c(c2)NC(=O)N(C(=O)OC(C)(C)C)CS3)o1.CCc1ccccc1. The molecule has 3 aromatic rings. The predicted molar refractivity (Wildman–Crippen MR) is 173 cm³/mol. The van der Waals surface area contributed by atoms with Gasteiger partial charge in [-0.25, -0.2) is 23.3 Å². The minimum absolute atomic E-state index is 0.0849. The number of ether oxygens (including phenoxy) is 1. The van der Waals surface area contributed by atoms with Crippen LogP contribution in [0.3, 0.4) is 0 Å². The fourth-order valence-corrected chi connectivity index (χ4v) is 4.78. The number of aromatic nitrogens is 2. The molecule has 1 aliphatic rings. The van der Waals surface area contributed by atoms with Gasteiger partial charge in [-0.1, -0.05) is 51.1 Å². The number of hydrogen-bond donors (Lipinski definition) is 1. The first-order valence-corrected chi connectivity index (χ1v) is 15.9. The Morgan fingerprint density at radius 3 is 2.24 bits per heavy atom. The van der Waals surface area contributed by atoms with Gasteiger partial charge in [-0.15, -0.1) is 22.0 Å². The Labute approximate surface area is 268 Å². The van der Waals surface area contributed by atoms with Gasteiger partial charge in [0.05, 0.1) is 11.6 Å². The quantitative estimate of drug-likeness (QED) is 0.270. The lowest BCUT2D eigenvalue weighted by Crippen LogP contribution is -2.42. The monoisotopic (exact) mass is 646 g/mol. The van der Waals surface area contributed by atoms with Crippen LogP contribution in [0.5, 0.6) is 0 Å². The lowest BCUT2D eigenvalue weighted by molar-refractivity contribution is -0.115. The summed E-state index contributed by atoms with van der Waals surface area (Å²) < 4.78 is 38.8. The van der Waals surface area contributed by atoms with Gasteiger partial charge in [-0.3, -0.25) is 0 Å². The number of imide groups is 1. The van der Waals surface area contributed by atoms with Crippen molar-refractivity contribution in [2.45, 2.75) is 103 Å². The number of hydrogen-bond acceptors (Lipinski definition) is 8. The molecule has 1 N–H and O–H groups in total. The summed E-state index contributed by atoms with van der Waals surface area (Å²) >= 11 is 1.29. The average Bonchev–Trinajstić information content (AvgIpc) is 3.40. The number of ketones is 1. The maximum Gasteiger partial charge on any atom is 0.419 e. The van der Waals surface area contributed by atoms with Crippen molar-refractivity contribution < 1.29 is 32.3 Å². The number of rotatable bonds is 7. The van der Waals surface area contributed by atoms with Gasteiger partial charge in [-0.05, 0) is 71.2 Å². The van der Waals surface area contributed by atoms with Crippen LogP contribution >= 0.6 is 11.8 Å². The average molecular weight is 647 g/mol. The summed E-state index contributed by atoms with van der Waals surface area (Å²) in [5, 5.41) is 10.7. The molecule has 0 aliphatic carbocycles. The Balaban J connectivity index is 0.000000492. The van der Waals surface area contributed by atoms with Gasteiger partial charge in [0.2, 0.25) is 17.7 Å². The number of benzene rings is 2. The van der Waals surface area contributed by atoms with Crippen LogP contribution in [0.4, 0.5) is 24.1 Å². The molecule has 4 rings (SSSR count). The summed E-state index contributed by atoms with van der Waals surface area (Å²) in [4.78, 5) is 36.2. The molecule has 1 atom stereocenters. The predicted octanol–water partition coefficient (Wildman–Crippen LogP) is 9.34. The van der Waals surface area contributed by atoms with Gasteiger partial charge >= 0.3 is 12.1 Å². The molecule has 2 aromatic carbocycles. The Bertz CT molecular complexity index is 1410. The first-order valence-electron chi connectivity index (χ1n) is 14.9. The van der Waals surface area contributed by atoms with E-state index in [4.69, 9.17) is 9.15 Å². The zero-order valence-corrected chi connectivity index (χ0v) is 28.1. The first kappa shape index (κ1) is 37.4. The third kappa shape index (κ3) is 12.6. The lowest BCUT2D eigenvalue weighted by atomic mass is 9.97. The number of anilines is 1. The van der Waals surface area contributed by atoms with Gasteiger partial charge in [-0.2, -0.15) is 0 Å². The first-order chi connectivity index (χ1) is 21.1. The second kappa shape index (κ2) is 17.0. The molecule has 0 spiro atoms. The Kier molecular flexibility index (Phi) is 14.2. The number of halogens is 2. The number of nitrogens with zero attached hydrogens (tertiary/aromatic N) is 3. The molecule has 1 unspecified atom stereocenters. The standard InChI is InChI=1S/C22H28F2N4O4S.C8H10.C3H6O/c1-6-13(11-22(23,24)7-2)17-26-27-18(31-17)14-8-9-16-15(10-14)25-19(29)28(12-33-16)20(30)32-21(3,4)5;1-2-8-6-4-3-5-7-8;1-3(2)4/h8-10,13H,6-7,11-12H2,1-5H3,(H,25,29);3-7H,2H2,1H3;1-2H3. The van der Waals surface area contributed by atoms with Gasteiger partial charge in [0.25, 0.3) is 0 Å². The van der Waals surface area contributed by atoms with Crippen molar-refractivity contribution in [2.24, 2.45) is 0 Å². The molecule has 45 heavy (non-hydrogen) atoms. The molecule has 0 bridgehead atoms. The van der Waals surface area contributed by atoms with Crippen LogP contribution in [-0.4, -0.2) is 50.4 Å². The highest BCUT2D eigenvalue weighted by molar-refractivity contribution is 7.99. The van der Waals surface area contributed by atoms with E-state index in [2.05, 4.69) is 46.7 Å².